The molecule has 0 aliphatic carbocycles. The summed E-state index contributed by atoms with van der Waals surface area (Å²) in [6.07, 6.45) is 10.3. The van der Waals surface area contributed by atoms with Gasteiger partial charge in [0.05, 0.1) is 16.8 Å². The normalized spacial score (nSPS) is 16.4. The smallest absolute Gasteiger partial charge is 0.210 e. The Kier molecular flexibility index (Phi) is 10.5. The first-order chi connectivity index (χ1) is 27.8. The third kappa shape index (κ3) is 7.22. The standard InChI is InChI=1S/C54H51N3/c1-6-57-49-32-31-44-24-14-16-26-46(44)52(49)54(5,38-42-21-11-8-12-22-42)50(57)34-36-56-48-28-18-17-27-47(48)55-35-33-40(3)53(4,37-41-19-9-7-10-20-41)51-39(2)29-30-43-23-13-15-25-45(43)51/h7-36,55H,3,6,37-38H2,1-2,4-5H3/p+1. The minimum atomic E-state index is -0.343. The quantitative estimate of drug-likeness (QED) is 0.0909. The molecule has 7 aromatic carbocycles. The Hall–Kier alpha value is -6.45. The van der Waals surface area contributed by atoms with Gasteiger partial charge in [-0.25, -0.2) is 0 Å². The third-order valence-corrected chi connectivity index (χ3v) is 12.1. The van der Waals surface area contributed by atoms with E-state index in [-0.39, 0.29) is 10.8 Å². The summed E-state index contributed by atoms with van der Waals surface area (Å²) < 4.78 is 2.49. The van der Waals surface area contributed by atoms with Crippen molar-refractivity contribution in [2.45, 2.75) is 51.4 Å². The Bertz CT molecular complexity index is 2670. The van der Waals surface area contributed by atoms with E-state index in [2.05, 4.69) is 219 Å². The zero-order chi connectivity index (χ0) is 39.4. The van der Waals surface area contributed by atoms with Crippen molar-refractivity contribution in [3.63, 3.8) is 0 Å². The number of allylic oxidation sites excluding steroid dienone is 3. The number of nitrogens with one attached hydrogen (secondary N) is 2. The van der Waals surface area contributed by atoms with Crippen molar-refractivity contribution in [2.75, 3.05) is 17.2 Å². The first kappa shape index (κ1) is 37.5. The fraction of sp³-hybridized carbons (Fsp3) is 0.167. The molecule has 0 fully saturated rings. The Morgan fingerprint density at radius 1 is 0.667 bits per heavy atom. The number of fused-ring (bicyclic) bond motifs is 4. The summed E-state index contributed by atoms with van der Waals surface area (Å²) in [6.45, 7) is 14.8. The van der Waals surface area contributed by atoms with E-state index in [1.165, 1.54) is 60.8 Å². The van der Waals surface area contributed by atoms with Crippen LogP contribution in [0.4, 0.5) is 17.1 Å². The maximum absolute atomic E-state index is 4.73. The van der Waals surface area contributed by atoms with Crippen molar-refractivity contribution >= 4 is 44.3 Å². The second kappa shape index (κ2) is 16.0. The van der Waals surface area contributed by atoms with Crippen molar-refractivity contribution < 1.29 is 4.58 Å². The van der Waals surface area contributed by atoms with E-state index in [0.29, 0.717) is 0 Å². The predicted octanol–water partition coefficient (Wildman–Crippen LogP) is 13.2. The molecule has 0 bridgehead atoms. The van der Waals surface area contributed by atoms with Gasteiger partial charge >= 0.3 is 0 Å². The van der Waals surface area contributed by atoms with E-state index in [9.17, 15) is 0 Å². The Labute approximate surface area is 338 Å². The van der Waals surface area contributed by atoms with E-state index >= 15 is 0 Å². The SMILES string of the molecule is C=C(C=CNc1ccccc1NC=CC1=[N+](CC)c2ccc3ccccc3c2C1(C)Cc1ccccc1)C(C)(Cc1ccccc1)c1c(C)ccc2ccccc12. The van der Waals surface area contributed by atoms with Gasteiger partial charge in [-0.3, -0.25) is 0 Å². The van der Waals surface area contributed by atoms with Gasteiger partial charge in [0, 0.05) is 35.5 Å². The molecule has 0 aromatic heterocycles. The molecule has 0 radical (unpaired) electrons. The van der Waals surface area contributed by atoms with Gasteiger partial charge < -0.3 is 10.6 Å². The van der Waals surface area contributed by atoms with Gasteiger partial charge in [-0.2, -0.15) is 4.58 Å². The maximum atomic E-state index is 4.73. The van der Waals surface area contributed by atoms with Crippen molar-refractivity contribution in [1.29, 1.82) is 0 Å². The Morgan fingerprint density at radius 2 is 1.23 bits per heavy atom. The molecule has 0 saturated carbocycles. The van der Waals surface area contributed by atoms with Gasteiger partial charge in [0.25, 0.3) is 0 Å². The average molecular weight is 743 g/mol. The van der Waals surface area contributed by atoms with E-state index in [4.69, 9.17) is 6.58 Å². The van der Waals surface area contributed by atoms with Crippen molar-refractivity contribution in [1.82, 2.24) is 0 Å². The summed E-state index contributed by atoms with van der Waals surface area (Å²) in [5, 5.41) is 12.4. The molecule has 2 N–H and O–H groups in total. The molecule has 0 saturated heterocycles. The number of anilines is 2. The van der Waals surface area contributed by atoms with Crippen LogP contribution in [0.2, 0.25) is 0 Å². The van der Waals surface area contributed by atoms with Gasteiger partial charge in [-0.15, -0.1) is 0 Å². The first-order valence-corrected chi connectivity index (χ1v) is 20.2. The number of hydrogen-bond donors (Lipinski definition) is 2. The lowest BCUT2D eigenvalue weighted by molar-refractivity contribution is -0.433. The highest BCUT2D eigenvalue weighted by Gasteiger charge is 2.48. The van der Waals surface area contributed by atoms with Crippen molar-refractivity contribution in [2.24, 2.45) is 0 Å². The molecule has 1 aliphatic heterocycles. The number of nitrogens with zero attached hydrogens (tertiary/aromatic N) is 1. The van der Waals surface area contributed by atoms with E-state index in [1.54, 1.807) is 0 Å². The number of para-hydroxylation sites is 2. The van der Waals surface area contributed by atoms with Crippen LogP contribution in [0.1, 0.15) is 48.6 Å². The van der Waals surface area contributed by atoms with Crippen LogP contribution in [0.5, 0.6) is 0 Å². The highest BCUT2D eigenvalue weighted by molar-refractivity contribution is 6.08. The minimum Gasteiger partial charge on any atom is -0.360 e. The maximum Gasteiger partial charge on any atom is 0.210 e. The fourth-order valence-electron chi connectivity index (χ4n) is 9.26. The van der Waals surface area contributed by atoms with Crippen LogP contribution in [0.25, 0.3) is 21.5 Å². The molecule has 8 rings (SSSR count). The van der Waals surface area contributed by atoms with Gasteiger partial charge in [0.1, 0.15) is 6.54 Å². The fourth-order valence-corrected chi connectivity index (χ4v) is 9.26. The molecule has 3 heteroatoms. The molecular formula is C54H52N3+. The monoisotopic (exact) mass is 742 g/mol. The Morgan fingerprint density at radius 3 is 1.91 bits per heavy atom. The zero-order valence-corrected chi connectivity index (χ0v) is 33.6. The van der Waals surface area contributed by atoms with E-state index < -0.39 is 0 Å². The molecule has 1 heterocycles. The van der Waals surface area contributed by atoms with Crippen LogP contribution in [0.15, 0.2) is 194 Å². The topological polar surface area (TPSA) is 27.1 Å². The number of hydrogen-bond acceptors (Lipinski definition) is 2. The first-order valence-electron chi connectivity index (χ1n) is 20.2. The summed E-state index contributed by atoms with van der Waals surface area (Å²) in [4.78, 5) is 0. The minimum absolute atomic E-state index is 0.235. The summed E-state index contributed by atoms with van der Waals surface area (Å²) in [5.41, 5.74) is 11.6. The number of benzene rings is 7. The lowest BCUT2D eigenvalue weighted by atomic mass is 9.69. The number of aryl methyl sites for hydroxylation is 1. The van der Waals surface area contributed by atoms with Gasteiger partial charge in [0.2, 0.25) is 5.69 Å². The van der Waals surface area contributed by atoms with Gasteiger partial charge in [-0.05, 0) is 107 Å². The Balaban J connectivity index is 1.08. The summed E-state index contributed by atoms with van der Waals surface area (Å²) in [5.74, 6) is 0. The third-order valence-electron chi connectivity index (χ3n) is 12.1. The molecule has 3 nitrogen and oxygen atoms in total. The van der Waals surface area contributed by atoms with Crippen molar-refractivity contribution in [3.05, 3.63) is 222 Å². The molecule has 2 atom stereocenters. The highest BCUT2D eigenvalue weighted by atomic mass is 15.1. The van der Waals surface area contributed by atoms with Crippen LogP contribution in [-0.4, -0.2) is 16.8 Å². The second-order valence-electron chi connectivity index (χ2n) is 15.8. The van der Waals surface area contributed by atoms with Crippen LogP contribution in [-0.2, 0) is 23.7 Å². The molecule has 0 amide bonds. The molecule has 7 aromatic rings. The van der Waals surface area contributed by atoms with Crippen LogP contribution < -0.4 is 10.6 Å². The lowest BCUT2D eigenvalue weighted by Crippen LogP contribution is -2.34. The molecule has 1 aliphatic rings. The van der Waals surface area contributed by atoms with Crippen LogP contribution in [0, 0.1) is 6.92 Å². The highest BCUT2D eigenvalue weighted by Crippen LogP contribution is 2.46. The van der Waals surface area contributed by atoms with E-state index in [0.717, 1.165) is 36.3 Å². The van der Waals surface area contributed by atoms with Crippen LogP contribution >= 0.6 is 0 Å². The second-order valence-corrected chi connectivity index (χ2v) is 15.8. The van der Waals surface area contributed by atoms with Gasteiger partial charge in [0.15, 0.2) is 5.71 Å². The largest absolute Gasteiger partial charge is 0.360 e. The predicted molar refractivity (Wildman–Crippen MR) is 244 cm³/mol. The van der Waals surface area contributed by atoms with Crippen LogP contribution in [0.3, 0.4) is 0 Å². The lowest BCUT2D eigenvalue weighted by Gasteiger charge is -2.34. The molecule has 0 spiro atoms. The van der Waals surface area contributed by atoms with Crippen molar-refractivity contribution in [3.8, 4) is 0 Å². The van der Waals surface area contributed by atoms with E-state index in [1.807, 2.05) is 6.20 Å². The molecule has 2 unspecified atom stereocenters. The summed E-state index contributed by atoms with van der Waals surface area (Å²) in [6, 6.07) is 56.6. The van der Waals surface area contributed by atoms with Gasteiger partial charge in [-0.1, -0.05) is 147 Å². The molecule has 57 heavy (non-hydrogen) atoms. The number of rotatable bonds is 13. The molecular weight excluding hydrogens is 691 g/mol. The molecule has 282 valence electrons. The summed E-state index contributed by atoms with van der Waals surface area (Å²) >= 11 is 0. The zero-order valence-electron chi connectivity index (χ0n) is 33.6. The average Bonchev–Trinajstić information content (AvgIpc) is 3.48. The summed E-state index contributed by atoms with van der Waals surface area (Å²) in [7, 11) is 0.